The second-order valence-corrected chi connectivity index (χ2v) is 4.93. The molecule has 20 heavy (non-hydrogen) atoms. The van der Waals surface area contributed by atoms with Gasteiger partial charge in [-0.15, -0.1) is 0 Å². The van der Waals surface area contributed by atoms with Crippen molar-refractivity contribution in [3.8, 4) is 0 Å². The molecule has 0 aliphatic rings. The van der Waals surface area contributed by atoms with Crippen molar-refractivity contribution in [2.75, 3.05) is 0 Å². The van der Waals surface area contributed by atoms with Crippen molar-refractivity contribution < 1.29 is 13.7 Å². The van der Waals surface area contributed by atoms with Gasteiger partial charge in [0.05, 0.1) is 4.92 Å². The molecule has 1 aromatic rings. The molecule has 0 heterocycles. The quantitative estimate of drug-likeness (QED) is 0.447. The molecular formula is C14H20F2N2O2. The smallest absolute Gasteiger partial charge is 0.305 e. The highest BCUT2D eigenvalue weighted by Crippen LogP contribution is 2.21. The van der Waals surface area contributed by atoms with Gasteiger partial charge in [0.1, 0.15) is 5.82 Å². The van der Waals surface area contributed by atoms with Crippen molar-refractivity contribution in [3.05, 3.63) is 39.4 Å². The van der Waals surface area contributed by atoms with E-state index in [-0.39, 0.29) is 18.2 Å². The fourth-order valence-electron chi connectivity index (χ4n) is 1.94. The number of benzene rings is 1. The van der Waals surface area contributed by atoms with Gasteiger partial charge in [-0.25, -0.2) is 4.39 Å². The molecule has 0 aliphatic carbocycles. The maximum Gasteiger partial charge on any atom is 0.305 e. The number of nitrogens with one attached hydrogen (secondary N) is 1. The van der Waals surface area contributed by atoms with Crippen LogP contribution in [0.25, 0.3) is 0 Å². The van der Waals surface area contributed by atoms with Gasteiger partial charge in [-0.05, 0) is 13.3 Å². The van der Waals surface area contributed by atoms with Gasteiger partial charge in [-0.1, -0.05) is 26.2 Å². The van der Waals surface area contributed by atoms with Crippen LogP contribution in [0.4, 0.5) is 14.5 Å². The first-order valence-electron chi connectivity index (χ1n) is 6.81. The van der Waals surface area contributed by atoms with Crippen molar-refractivity contribution >= 4 is 5.69 Å². The van der Waals surface area contributed by atoms with Crippen LogP contribution in [0.1, 0.15) is 45.1 Å². The lowest BCUT2D eigenvalue weighted by molar-refractivity contribution is -0.387. The Labute approximate surface area is 117 Å². The summed E-state index contributed by atoms with van der Waals surface area (Å²) in [7, 11) is 0. The summed E-state index contributed by atoms with van der Waals surface area (Å²) < 4.78 is 26.7. The van der Waals surface area contributed by atoms with Crippen molar-refractivity contribution in [3.63, 3.8) is 0 Å². The highest BCUT2D eigenvalue weighted by Gasteiger charge is 2.18. The van der Waals surface area contributed by atoms with Gasteiger partial charge >= 0.3 is 5.69 Å². The van der Waals surface area contributed by atoms with Gasteiger partial charge in [0.15, 0.2) is 0 Å². The molecule has 4 nitrogen and oxygen atoms in total. The molecule has 6 heteroatoms. The highest BCUT2D eigenvalue weighted by atomic mass is 19.1. The van der Waals surface area contributed by atoms with Gasteiger partial charge in [-0.3, -0.25) is 10.1 Å². The van der Waals surface area contributed by atoms with Crippen molar-refractivity contribution in [2.24, 2.45) is 0 Å². The standard InChI is InChI=1S/C14H20F2N2O2/c1-3-4-5-6-10(2)17-9-11-7-14(18(19)20)13(16)8-12(11)15/h7-8,10,17H,3-6,9H2,1-2H3. The Hall–Kier alpha value is -1.56. The van der Waals surface area contributed by atoms with Crippen LogP contribution in [0.15, 0.2) is 12.1 Å². The van der Waals surface area contributed by atoms with Crippen LogP contribution in [0.3, 0.4) is 0 Å². The third-order valence-corrected chi connectivity index (χ3v) is 3.19. The molecule has 0 saturated heterocycles. The summed E-state index contributed by atoms with van der Waals surface area (Å²) in [5.74, 6) is -1.91. The Bertz CT molecular complexity index is 467. The second kappa shape index (κ2) is 7.89. The fourth-order valence-corrected chi connectivity index (χ4v) is 1.94. The molecule has 0 aromatic heterocycles. The predicted octanol–water partition coefficient (Wildman–Crippen LogP) is 3.93. The summed E-state index contributed by atoms with van der Waals surface area (Å²) in [5.41, 5.74) is -0.581. The Morgan fingerprint density at radius 2 is 2.00 bits per heavy atom. The molecule has 1 N–H and O–H groups in total. The summed E-state index contributed by atoms with van der Waals surface area (Å²) in [6.45, 7) is 4.25. The van der Waals surface area contributed by atoms with Gasteiger partial charge < -0.3 is 5.32 Å². The Kier molecular flexibility index (Phi) is 6.51. The van der Waals surface area contributed by atoms with Crippen LogP contribution < -0.4 is 5.32 Å². The number of unbranched alkanes of at least 4 members (excludes halogenated alkanes) is 2. The minimum atomic E-state index is -1.15. The Balaban J connectivity index is 2.63. The fraction of sp³-hybridized carbons (Fsp3) is 0.571. The summed E-state index contributed by atoms with van der Waals surface area (Å²) in [4.78, 5) is 9.78. The van der Waals surface area contributed by atoms with E-state index in [0.29, 0.717) is 6.07 Å². The maximum atomic E-state index is 13.5. The van der Waals surface area contributed by atoms with Crippen LogP contribution in [-0.2, 0) is 6.54 Å². The lowest BCUT2D eigenvalue weighted by Gasteiger charge is -2.14. The zero-order valence-electron chi connectivity index (χ0n) is 11.8. The number of halogens is 2. The molecule has 0 fully saturated rings. The van der Waals surface area contributed by atoms with E-state index in [1.54, 1.807) is 0 Å². The van der Waals surface area contributed by atoms with Crippen LogP contribution in [-0.4, -0.2) is 11.0 Å². The van der Waals surface area contributed by atoms with E-state index in [4.69, 9.17) is 0 Å². The molecule has 0 radical (unpaired) electrons. The Morgan fingerprint density at radius 3 is 2.60 bits per heavy atom. The highest BCUT2D eigenvalue weighted by molar-refractivity contribution is 5.37. The molecule has 0 amide bonds. The molecule has 0 saturated carbocycles. The minimum Gasteiger partial charge on any atom is -0.310 e. The van der Waals surface area contributed by atoms with Gasteiger partial charge in [0.25, 0.3) is 0 Å². The normalized spacial score (nSPS) is 12.4. The lowest BCUT2D eigenvalue weighted by atomic mass is 10.1. The van der Waals surface area contributed by atoms with Gasteiger partial charge in [-0.2, -0.15) is 4.39 Å². The molecular weight excluding hydrogens is 266 g/mol. The number of hydrogen-bond donors (Lipinski definition) is 1. The largest absolute Gasteiger partial charge is 0.310 e. The number of nitro groups is 1. The molecule has 0 bridgehead atoms. The Morgan fingerprint density at radius 1 is 1.30 bits per heavy atom. The summed E-state index contributed by atoms with van der Waals surface area (Å²) in [6, 6.07) is 1.71. The first-order valence-corrected chi connectivity index (χ1v) is 6.81. The van der Waals surface area contributed by atoms with Gasteiger partial charge in [0.2, 0.25) is 5.82 Å². The van der Waals surface area contributed by atoms with Crippen molar-refractivity contribution in [1.29, 1.82) is 0 Å². The lowest BCUT2D eigenvalue weighted by Crippen LogP contribution is -2.25. The first kappa shape index (κ1) is 16.5. The van der Waals surface area contributed by atoms with Crippen molar-refractivity contribution in [1.82, 2.24) is 5.32 Å². The molecule has 112 valence electrons. The van der Waals surface area contributed by atoms with E-state index < -0.39 is 22.2 Å². The van der Waals surface area contributed by atoms with Crippen LogP contribution in [0.2, 0.25) is 0 Å². The minimum absolute atomic E-state index is 0.112. The zero-order chi connectivity index (χ0) is 15.1. The van der Waals surface area contributed by atoms with Crippen molar-refractivity contribution in [2.45, 2.75) is 52.1 Å². The van der Waals surface area contributed by atoms with E-state index in [1.807, 2.05) is 6.92 Å². The van der Waals surface area contributed by atoms with E-state index in [9.17, 15) is 18.9 Å². The molecule has 1 aromatic carbocycles. The third kappa shape index (κ3) is 4.85. The maximum absolute atomic E-state index is 13.5. The monoisotopic (exact) mass is 286 g/mol. The SMILES string of the molecule is CCCCCC(C)NCc1cc([N+](=O)[O-])c(F)cc1F. The first-order chi connectivity index (χ1) is 9.45. The number of nitrogens with zero attached hydrogens (tertiary/aromatic N) is 1. The number of rotatable bonds is 8. The average molecular weight is 286 g/mol. The molecule has 0 spiro atoms. The third-order valence-electron chi connectivity index (χ3n) is 3.19. The van der Waals surface area contributed by atoms with E-state index in [1.165, 1.54) is 0 Å². The molecule has 1 unspecified atom stereocenters. The van der Waals surface area contributed by atoms with Crippen LogP contribution in [0.5, 0.6) is 0 Å². The van der Waals surface area contributed by atoms with Crippen LogP contribution >= 0.6 is 0 Å². The second-order valence-electron chi connectivity index (χ2n) is 4.93. The molecule has 0 aliphatic heterocycles. The van der Waals surface area contributed by atoms with E-state index >= 15 is 0 Å². The molecule has 1 atom stereocenters. The van der Waals surface area contributed by atoms with Crippen LogP contribution in [0, 0.1) is 21.7 Å². The number of nitro benzene ring substituents is 1. The number of hydrogen-bond acceptors (Lipinski definition) is 3. The summed E-state index contributed by atoms with van der Waals surface area (Å²) >= 11 is 0. The zero-order valence-corrected chi connectivity index (χ0v) is 11.8. The molecule has 1 rings (SSSR count). The van der Waals surface area contributed by atoms with Gasteiger partial charge in [0, 0.05) is 30.3 Å². The summed E-state index contributed by atoms with van der Waals surface area (Å²) in [6.07, 6.45) is 4.31. The summed E-state index contributed by atoms with van der Waals surface area (Å²) in [5, 5.41) is 13.7. The predicted molar refractivity (Wildman–Crippen MR) is 73.5 cm³/mol. The topological polar surface area (TPSA) is 55.2 Å². The van der Waals surface area contributed by atoms with E-state index in [2.05, 4.69) is 12.2 Å². The average Bonchev–Trinajstić information content (AvgIpc) is 2.37. The van der Waals surface area contributed by atoms with E-state index in [0.717, 1.165) is 31.7 Å².